The summed E-state index contributed by atoms with van der Waals surface area (Å²) in [6, 6.07) is 2.81. The fourth-order valence-corrected chi connectivity index (χ4v) is 3.70. The van der Waals surface area contributed by atoms with Crippen molar-refractivity contribution in [2.24, 2.45) is 17.8 Å². The van der Waals surface area contributed by atoms with Crippen LogP contribution in [0.3, 0.4) is 0 Å². The highest BCUT2D eigenvalue weighted by Gasteiger charge is 2.55. The van der Waals surface area contributed by atoms with Gasteiger partial charge in [-0.2, -0.15) is 0 Å². The Morgan fingerprint density at radius 3 is 2.69 bits per heavy atom. The van der Waals surface area contributed by atoms with E-state index in [4.69, 9.17) is 0 Å². The van der Waals surface area contributed by atoms with Crippen LogP contribution in [0.15, 0.2) is 18.5 Å². The molecule has 2 nitrogen and oxygen atoms in total. The van der Waals surface area contributed by atoms with Gasteiger partial charge in [-0.3, -0.25) is 4.98 Å². The summed E-state index contributed by atoms with van der Waals surface area (Å²) in [5, 5.41) is 3.50. The van der Waals surface area contributed by atoms with Crippen molar-refractivity contribution in [2.45, 2.75) is 32.2 Å². The molecule has 2 heteroatoms. The fraction of sp³-hybridized carbons (Fsp3) is 0.643. The van der Waals surface area contributed by atoms with Crippen molar-refractivity contribution in [3.8, 4) is 0 Å². The summed E-state index contributed by atoms with van der Waals surface area (Å²) >= 11 is 0. The lowest BCUT2D eigenvalue weighted by Gasteiger charge is -2.18. The molecular formula is C14H20N2. The van der Waals surface area contributed by atoms with Gasteiger partial charge in [-0.25, -0.2) is 0 Å². The first-order valence-corrected chi connectivity index (χ1v) is 6.40. The Labute approximate surface area is 97.5 Å². The normalized spacial score (nSPS) is 33.5. The van der Waals surface area contributed by atoms with E-state index in [0.717, 1.165) is 17.8 Å². The Hall–Kier alpha value is -0.890. The van der Waals surface area contributed by atoms with Crippen LogP contribution in [0.2, 0.25) is 0 Å². The smallest absolute Gasteiger partial charge is 0.0367 e. The molecule has 1 heterocycles. The highest BCUT2D eigenvalue weighted by Crippen LogP contribution is 2.62. The van der Waals surface area contributed by atoms with Crippen LogP contribution in [0.5, 0.6) is 0 Å². The van der Waals surface area contributed by atoms with E-state index in [2.05, 4.69) is 30.3 Å². The van der Waals surface area contributed by atoms with Crippen molar-refractivity contribution in [3.63, 3.8) is 0 Å². The summed E-state index contributed by atoms with van der Waals surface area (Å²) in [5.41, 5.74) is 2.64. The van der Waals surface area contributed by atoms with E-state index in [9.17, 15) is 0 Å². The summed E-state index contributed by atoms with van der Waals surface area (Å²) in [5.74, 6) is 2.87. The van der Waals surface area contributed by atoms with Crippen molar-refractivity contribution >= 4 is 0 Å². The number of fused-ring (bicyclic) bond motifs is 1. The second-order valence-electron chi connectivity index (χ2n) is 5.40. The average molecular weight is 216 g/mol. The van der Waals surface area contributed by atoms with Gasteiger partial charge in [0.05, 0.1) is 0 Å². The zero-order valence-electron chi connectivity index (χ0n) is 10.1. The molecule has 3 rings (SSSR count). The van der Waals surface area contributed by atoms with Crippen LogP contribution in [0.4, 0.5) is 0 Å². The maximum absolute atomic E-state index is 4.32. The van der Waals surface area contributed by atoms with E-state index >= 15 is 0 Å². The van der Waals surface area contributed by atoms with Gasteiger partial charge in [0.1, 0.15) is 0 Å². The first-order chi connectivity index (χ1) is 7.81. The van der Waals surface area contributed by atoms with Gasteiger partial charge >= 0.3 is 0 Å². The topological polar surface area (TPSA) is 24.9 Å². The molecule has 0 aromatic carbocycles. The monoisotopic (exact) mass is 216 g/mol. The minimum absolute atomic E-state index is 0.530. The van der Waals surface area contributed by atoms with E-state index in [-0.39, 0.29) is 0 Å². The molecule has 2 saturated carbocycles. The van der Waals surface area contributed by atoms with Crippen molar-refractivity contribution in [3.05, 3.63) is 29.6 Å². The molecule has 3 atom stereocenters. The number of aromatic nitrogens is 1. The second-order valence-corrected chi connectivity index (χ2v) is 5.40. The number of nitrogens with one attached hydrogen (secondary N) is 1. The van der Waals surface area contributed by atoms with Gasteiger partial charge in [0, 0.05) is 18.4 Å². The van der Waals surface area contributed by atoms with Crippen molar-refractivity contribution in [2.75, 3.05) is 7.05 Å². The molecule has 2 aliphatic rings. The van der Waals surface area contributed by atoms with Crippen LogP contribution >= 0.6 is 0 Å². The van der Waals surface area contributed by atoms with Gasteiger partial charge in [-0.05, 0) is 55.7 Å². The lowest BCUT2D eigenvalue weighted by molar-refractivity contribution is 0.443. The van der Waals surface area contributed by atoms with E-state index in [1.807, 2.05) is 12.4 Å². The molecular weight excluding hydrogens is 196 g/mol. The lowest BCUT2D eigenvalue weighted by Crippen LogP contribution is -2.20. The molecule has 0 radical (unpaired) electrons. The van der Waals surface area contributed by atoms with E-state index in [1.54, 1.807) is 0 Å². The van der Waals surface area contributed by atoms with Crippen LogP contribution in [0.25, 0.3) is 0 Å². The summed E-state index contributed by atoms with van der Waals surface area (Å²) in [6.45, 7) is 2.12. The first kappa shape index (κ1) is 10.3. The van der Waals surface area contributed by atoms with Crippen molar-refractivity contribution in [1.29, 1.82) is 0 Å². The molecule has 2 fully saturated rings. The van der Waals surface area contributed by atoms with Gasteiger partial charge < -0.3 is 5.32 Å². The van der Waals surface area contributed by atoms with Crippen LogP contribution in [-0.2, 0) is 0 Å². The SMILES string of the molecule is CNC(c1cncc(C)c1)C1C2CCCC21. The van der Waals surface area contributed by atoms with E-state index < -0.39 is 0 Å². The molecule has 0 bridgehead atoms. The van der Waals surface area contributed by atoms with Crippen LogP contribution in [0.1, 0.15) is 36.4 Å². The Kier molecular flexibility index (Phi) is 2.47. The molecule has 0 amide bonds. The standard InChI is InChI=1S/C14H20N2/c1-9-6-10(8-16-7-9)14(15-2)13-11-4-3-5-12(11)13/h6-8,11-15H,3-5H2,1-2H3. The number of aryl methyl sites for hydroxylation is 1. The molecule has 0 spiro atoms. The maximum Gasteiger partial charge on any atom is 0.0367 e. The Morgan fingerprint density at radius 2 is 2.06 bits per heavy atom. The molecule has 0 aliphatic heterocycles. The summed E-state index contributed by atoms with van der Waals surface area (Å²) in [7, 11) is 2.08. The van der Waals surface area contributed by atoms with Gasteiger partial charge in [0.15, 0.2) is 0 Å². The zero-order chi connectivity index (χ0) is 11.1. The van der Waals surface area contributed by atoms with E-state index in [0.29, 0.717) is 6.04 Å². The van der Waals surface area contributed by atoms with Crippen molar-refractivity contribution < 1.29 is 0 Å². The number of pyridine rings is 1. The minimum Gasteiger partial charge on any atom is -0.313 e. The third kappa shape index (κ3) is 1.56. The maximum atomic E-state index is 4.32. The lowest BCUT2D eigenvalue weighted by atomic mass is 9.97. The predicted molar refractivity (Wildman–Crippen MR) is 65.1 cm³/mol. The summed E-state index contributed by atoms with van der Waals surface area (Å²) in [6.07, 6.45) is 8.32. The zero-order valence-corrected chi connectivity index (χ0v) is 10.1. The van der Waals surface area contributed by atoms with Gasteiger partial charge in [-0.1, -0.05) is 12.5 Å². The summed E-state index contributed by atoms with van der Waals surface area (Å²) in [4.78, 5) is 4.32. The highest BCUT2D eigenvalue weighted by atomic mass is 14.9. The molecule has 0 saturated heterocycles. The largest absolute Gasteiger partial charge is 0.313 e. The second kappa shape index (κ2) is 3.85. The number of rotatable bonds is 3. The van der Waals surface area contributed by atoms with Crippen LogP contribution in [-0.4, -0.2) is 12.0 Å². The molecule has 1 aromatic heterocycles. The van der Waals surface area contributed by atoms with Gasteiger partial charge in [0.25, 0.3) is 0 Å². The first-order valence-electron chi connectivity index (χ1n) is 6.40. The predicted octanol–water partition coefficient (Wildman–Crippen LogP) is 2.70. The van der Waals surface area contributed by atoms with Crippen molar-refractivity contribution in [1.82, 2.24) is 10.3 Å². The molecule has 16 heavy (non-hydrogen) atoms. The minimum atomic E-state index is 0.530. The Bertz CT molecular complexity index is 378. The molecule has 1 N–H and O–H groups in total. The summed E-state index contributed by atoms with van der Waals surface area (Å²) < 4.78 is 0. The van der Waals surface area contributed by atoms with Crippen LogP contribution < -0.4 is 5.32 Å². The third-order valence-electron chi connectivity index (χ3n) is 4.42. The van der Waals surface area contributed by atoms with Crippen LogP contribution in [0, 0.1) is 24.7 Å². The molecule has 1 aromatic rings. The molecule has 86 valence electrons. The highest BCUT2D eigenvalue weighted by molar-refractivity contribution is 5.24. The number of hydrogen-bond acceptors (Lipinski definition) is 2. The molecule has 2 aliphatic carbocycles. The van der Waals surface area contributed by atoms with Gasteiger partial charge in [0.2, 0.25) is 0 Å². The van der Waals surface area contributed by atoms with Gasteiger partial charge in [-0.15, -0.1) is 0 Å². The number of nitrogens with zero attached hydrogens (tertiary/aromatic N) is 1. The van der Waals surface area contributed by atoms with E-state index in [1.165, 1.54) is 30.4 Å². The fourth-order valence-electron chi connectivity index (χ4n) is 3.70. The number of hydrogen-bond donors (Lipinski definition) is 1. The Balaban J connectivity index is 1.81. The quantitative estimate of drug-likeness (QED) is 0.840. The third-order valence-corrected chi connectivity index (χ3v) is 4.42. The average Bonchev–Trinajstić information content (AvgIpc) is 2.74. The Morgan fingerprint density at radius 1 is 1.31 bits per heavy atom. The molecule has 3 unspecified atom stereocenters.